The Morgan fingerprint density at radius 2 is 1.91 bits per heavy atom. The van der Waals surface area contributed by atoms with Crippen LogP contribution >= 0.6 is 0 Å². The molecule has 0 aliphatic heterocycles. The van der Waals surface area contributed by atoms with E-state index in [2.05, 4.69) is 31.1 Å². The minimum absolute atomic E-state index is 0.166. The van der Waals surface area contributed by atoms with Gasteiger partial charge < -0.3 is 9.42 Å². The molecule has 0 N–H and O–H groups in total. The number of nitrogens with zero attached hydrogens (tertiary/aromatic N) is 2. The maximum absolute atomic E-state index is 12.6. The number of carbonyl (C=O) groups is 1. The van der Waals surface area contributed by atoms with Crippen molar-refractivity contribution in [3.8, 4) is 0 Å². The minimum Gasteiger partial charge on any atom is -0.361 e. The average molecular weight is 300 g/mol. The van der Waals surface area contributed by atoms with Crippen LogP contribution in [0.5, 0.6) is 0 Å². The van der Waals surface area contributed by atoms with Gasteiger partial charge >= 0.3 is 0 Å². The van der Waals surface area contributed by atoms with E-state index in [1.165, 1.54) is 0 Å². The number of carbonyl (C=O) groups excluding carboxylic acids is 1. The van der Waals surface area contributed by atoms with Crippen molar-refractivity contribution in [2.24, 2.45) is 0 Å². The third-order valence-electron chi connectivity index (χ3n) is 3.91. The molecule has 2 aromatic rings. The molecule has 1 heterocycles. The summed E-state index contributed by atoms with van der Waals surface area (Å²) >= 11 is 0. The van der Waals surface area contributed by atoms with Crippen molar-refractivity contribution in [1.29, 1.82) is 0 Å². The second kappa shape index (κ2) is 7.25. The minimum atomic E-state index is 0.166. The highest BCUT2D eigenvalue weighted by Gasteiger charge is 2.19. The monoisotopic (exact) mass is 300 g/mol. The lowest BCUT2D eigenvalue weighted by molar-refractivity contribution is -0.133. The Morgan fingerprint density at radius 3 is 2.45 bits per heavy atom. The first kappa shape index (κ1) is 16.3. The van der Waals surface area contributed by atoms with E-state index in [-0.39, 0.29) is 11.9 Å². The van der Waals surface area contributed by atoms with Gasteiger partial charge in [-0.3, -0.25) is 4.79 Å². The average Bonchev–Trinajstić information content (AvgIpc) is 2.82. The predicted molar refractivity (Wildman–Crippen MR) is 86.4 cm³/mol. The summed E-state index contributed by atoms with van der Waals surface area (Å²) < 4.78 is 5.16. The normalized spacial score (nSPS) is 11.0. The van der Waals surface area contributed by atoms with Gasteiger partial charge in [0.1, 0.15) is 5.76 Å². The smallest absolute Gasteiger partial charge is 0.223 e. The van der Waals surface area contributed by atoms with E-state index in [4.69, 9.17) is 4.52 Å². The van der Waals surface area contributed by atoms with Crippen molar-refractivity contribution >= 4 is 5.91 Å². The summed E-state index contributed by atoms with van der Waals surface area (Å²) in [5.74, 6) is 0.975. The molecule has 0 spiro atoms. The Balaban J connectivity index is 2.01. The van der Waals surface area contributed by atoms with Crippen molar-refractivity contribution in [3.05, 3.63) is 52.9 Å². The third kappa shape index (κ3) is 3.97. The quantitative estimate of drug-likeness (QED) is 0.818. The van der Waals surface area contributed by atoms with Gasteiger partial charge in [-0.25, -0.2) is 0 Å². The zero-order valence-electron chi connectivity index (χ0n) is 13.8. The zero-order valence-corrected chi connectivity index (χ0v) is 13.8. The summed E-state index contributed by atoms with van der Waals surface area (Å²) in [4.78, 5) is 14.5. The fourth-order valence-electron chi connectivity index (χ4n) is 2.57. The van der Waals surface area contributed by atoms with Crippen LogP contribution < -0.4 is 0 Å². The second-order valence-corrected chi connectivity index (χ2v) is 5.90. The van der Waals surface area contributed by atoms with Gasteiger partial charge in [-0.2, -0.15) is 0 Å². The van der Waals surface area contributed by atoms with E-state index in [0.29, 0.717) is 19.4 Å². The summed E-state index contributed by atoms with van der Waals surface area (Å²) in [7, 11) is 0. The highest BCUT2D eigenvalue weighted by atomic mass is 16.5. The number of hydrogen-bond donors (Lipinski definition) is 0. The van der Waals surface area contributed by atoms with Crippen molar-refractivity contribution in [2.45, 2.75) is 53.1 Å². The van der Waals surface area contributed by atoms with E-state index in [9.17, 15) is 4.79 Å². The molecule has 0 aliphatic carbocycles. The summed E-state index contributed by atoms with van der Waals surface area (Å²) in [6.07, 6.45) is 1.16. The Labute approximate surface area is 132 Å². The number of aryl methyl sites for hydroxylation is 2. The van der Waals surface area contributed by atoms with Crippen LogP contribution in [0.1, 0.15) is 42.8 Å². The van der Waals surface area contributed by atoms with Crippen molar-refractivity contribution in [3.63, 3.8) is 0 Å². The molecule has 0 fully saturated rings. The van der Waals surface area contributed by atoms with Crippen LogP contribution in [0.25, 0.3) is 0 Å². The number of amides is 1. The third-order valence-corrected chi connectivity index (χ3v) is 3.91. The van der Waals surface area contributed by atoms with Gasteiger partial charge in [0, 0.05) is 24.6 Å². The molecule has 0 bridgehead atoms. The van der Waals surface area contributed by atoms with E-state index in [0.717, 1.165) is 22.6 Å². The molecular formula is C18H24N2O2. The van der Waals surface area contributed by atoms with Crippen LogP contribution in [0.15, 0.2) is 34.9 Å². The summed E-state index contributed by atoms with van der Waals surface area (Å²) in [5, 5.41) is 3.94. The summed E-state index contributed by atoms with van der Waals surface area (Å²) in [5.41, 5.74) is 3.09. The van der Waals surface area contributed by atoms with Crippen LogP contribution in [-0.4, -0.2) is 22.0 Å². The molecule has 0 aliphatic rings. The lowest BCUT2D eigenvalue weighted by atomic mass is 10.1. The highest BCUT2D eigenvalue weighted by molar-refractivity contribution is 5.76. The van der Waals surface area contributed by atoms with E-state index < -0.39 is 0 Å². The van der Waals surface area contributed by atoms with Gasteiger partial charge in [0.15, 0.2) is 0 Å². The molecule has 1 aromatic heterocycles. The predicted octanol–water partition coefficient (Wildman–Crippen LogP) is 3.66. The number of benzene rings is 1. The molecule has 4 heteroatoms. The van der Waals surface area contributed by atoms with E-state index >= 15 is 0 Å². The summed E-state index contributed by atoms with van der Waals surface area (Å²) in [6, 6.07) is 10.3. The molecule has 0 atom stereocenters. The topological polar surface area (TPSA) is 46.3 Å². The van der Waals surface area contributed by atoms with Crippen molar-refractivity contribution in [1.82, 2.24) is 10.1 Å². The van der Waals surface area contributed by atoms with Crippen LogP contribution in [0.3, 0.4) is 0 Å². The summed E-state index contributed by atoms with van der Waals surface area (Å²) in [6.45, 7) is 8.57. The van der Waals surface area contributed by atoms with Gasteiger partial charge in [-0.1, -0.05) is 35.5 Å². The van der Waals surface area contributed by atoms with Crippen LogP contribution in [0.2, 0.25) is 0 Å². The van der Waals surface area contributed by atoms with Crippen LogP contribution in [-0.2, 0) is 17.8 Å². The van der Waals surface area contributed by atoms with E-state index in [1.807, 2.05) is 36.9 Å². The fourth-order valence-corrected chi connectivity index (χ4v) is 2.57. The van der Waals surface area contributed by atoms with Gasteiger partial charge in [0.05, 0.1) is 5.69 Å². The number of hydrogen-bond acceptors (Lipinski definition) is 3. The molecule has 0 radical (unpaired) electrons. The van der Waals surface area contributed by atoms with Gasteiger partial charge in [-0.05, 0) is 39.7 Å². The lowest BCUT2D eigenvalue weighted by Crippen LogP contribution is -2.36. The lowest BCUT2D eigenvalue weighted by Gasteiger charge is -2.27. The van der Waals surface area contributed by atoms with Crippen molar-refractivity contribution < 1.29 is 9.32 Å². The molecule has 1 amide bonds. The molecule has 2 rings (SSSR count). The first-order valence-corrected chi connectivity index (χ1v) is 7.74. The van der Waals surface area contributed by atoms with Gasteiger partial charge in [0.2, 0.25) is 5.91 Å². The number of rotatable bonds is 6. The fraction of sp³-hybridized carbons (Fsp3) is 0.444. The first-order chi connectivity index (χ1) is 10.5. The zero-order chi connectivity index (χ0) is 16.1. The molecular weight excluding hydrogens is 276 g/mol. The number of aromatic nitrogens is 1. The van der Waals surface area contributed by atoms with Crippen molar-refractivity contribution in [2.75, 3.05) is 0 Å². The molecule has 1 aromatic carbocycles. The van der Waals surface area contributed by atoms with E-state index in [1.54, 1.807) is 0 Å². The molecule has 22 heavy (non-hydrogen) atoms. The van der Waals surface area contributed by atoms with Crippen LogP contribution in [0.4, 0.5) is 0 Å². The maximum Gasteiger partial charge on any atom is 0.223 e. The van der Waals surface area contributed by atoms with Gasteiger partial charge in [-0.15, -0.1) is 0 Å². The molecule has 0 saturated heterocycles. The Hall–Kier alpha value is -2.10. The highest BCUT2D eigenvalue weighted by Crippen LogP contribution is 2.16. The molecule has 0 saturated carbocycles. The molecule has 0 unspecified atom stereocenters. The Bertz CT molecular complexity index is 598. The first-order valence-electron chi connectivity index (χ1n) is 7.74. The van der Waals surface area contributed by atoms with Crippen LogP contribution in [0, 0.1) is 13.8 Å². The Morgan fingerprint density at radius 1 is 1.23 bits per heavy atom. The molecule has 118 valence electrons. The second-order valence-electron chi connectivity index (χ2n) is 5.90. The maximum atomic E-state index is 12.6. The van der Waals surface area contributed by atoms with Gasteiger partial charge in [0.25, 0.3) is 0 Å². The standard InChI is InChI=1S/C18H24N2O2/c1-13(2)20(12-16-8-6-5-7-9-16)18(21)11-10-17-14(3)19-22-15(17)4/h5-9,13H,10-12H2,1-4H3. The SMILES string of the molecule is Cc1noc(C)c1CCC(=O)N(Cc1ccccc1)C(C)C. The Kier molecular flexibility index (Phi) is 5.36. The molecule has 4 nitrogen and oxygen atoms in total. The largest absolute Gasteiger partial charge is 0.361 e.